The fourth-order valence-corrected chi connectivity index (χ4v) is 3.37. The molecular weight excluding hydrogens is 348 g/mol. The van der Waals surface area contributed by atoms with Crippen molar-refractivity contribution in [1.82, 2.24) is 10.3 Å². The first kappa shape index (κ1) is 17.1. The molecule has 25 heavy (non-hydrogen) atoms. The summed E-state index contributed by atoms with van der Waals surface area (Å²) in [7, 11) is -2.63. The third-order valence-electron chi connectivity index (χ3n) is 3.54. The lowest BCUT2D eigenvalue weighted by Crippen LogP contribution is -2.41. The van der Waals surface area contributed by atoms with Crippen molar-refractivity contribution < 1.29 is 27.4 Å². The molecule has 0 saturated heterocycles. The Hall–Kier alpha value is -2.78. The van der Waals surface area contributed by atoms with Crippen LogP contribution in [-0.2, 0) is 10.0 Å². The van der Waals surface area contributed by atoms with Crippen LogP contribution in [-0.4, -0.2) is 28.2 Å². The number of hydrazine groups is 1. The Morgan fingerprint density at radius 1 is 1.12 bits per heavy atom. The van der Waals surface area contributed by atoms with E-state index in [-0.39, 0.29) is 23.0 Å². The maximum atomic E-state index is 12.4. The average Bonchev–Trinajstić information content (AvgIpc) is 3.07. The first-order valence-electron chi connectivity index (χ1n) is 7.27. The number of methoxy groups -OCH3 is 1. The van der Waals surface area contributed by atoms with Crippen LogP contribution in [0.15, 0.2) is 41.3 Å². The number of rotatable bonds is 5. The molecule has 9 heteroatoms. The lowest BCUT2D eigenvalue weighted by atomic mass is 10.2. The number of fused-ring (bicyclic) bond motifs is 1. The van der Waals surface area contributed by atoms with Crippen LogP contribution >= 0.6 is 0 Å². The number of amides is 1. The molecule has 3 rings (SSSR count). The van der Waals surface area contributed by atoms with E-state index in [9.17, 15) is 13.2 Å². The zero-order chi connectivity index (χ0) is 18.0. The second kappa shape index (κ2) is 6.61. The quantitative estimate of drug-likeness (QED) is 0.777. The molecular formula is C16H16N2O6S. The second-order valence-corrected chi connectivity index (χ2v) is 6.93. The third kappa shape index (κ3) is 3.52. The minimum atomic E-state index is -4.00. The van der Waals surface area contributed by atoms with Crippen LogP contribution in [0, 0.1) is 6.92 Å². The van der Waals surface area contributed by atoms with Gasteiger partial charge in [-0.05, 0) is 42.8 Å². The second-order valence-electron chi connectivity index (χ2n) is 5.28. The molecule has 0 atom stereocenters. The summed E-state index contributed by atoms with van der Waals surface area (Å²) in [6.07, 6.45) is 0. The highest BCUT2D eigenvalue weighted by Gasteiger charge is 2.22. The fourth-order valence-electron chi connectivity index (χ4n) is 2.27. The number of sulfonamides is 1. The third-order valence-corrected chi connectivity index (χ3v) is 4.81. The summed E-state index contributed by atoms with van der Waals surface area (Å²) in [5.41, 5.74) is 3.14. The molecule has 132 valence electrons. The van der Waals surface area contributed by atoms with E-state index < -0.39 is 15.9 Å². The Labute approximate surface area is 144 Å². The van der Waals surface area contributed by atoms with Gasteiger partial charge in [-0.2, -0.15) is 0 Å². The van der Waals surface area contributed by atoms with Crippen molar-refractivity contribution in [2.24, 2.45) is 0 Å². The predicted molar refractivity (Wildman–Crippen MR) is 88.1 cm³/mol. The molecule has 1 aliphatic heterocycles. The van der Waals surface area contributed by atoms with Gasteiger partial charge in [-0.15, -0.1) is 4.83 Å². The molecule has 8 nitrogen and oxygen atoms in total. The average molecular weight is 364 g/mol. The molecule has 0 aromatic heterocycles. The van der Waals surface area contributed by atoms with Gasteiger partial charge in [0.05, 0.1) is 7.11 Å². The molecule has 2 aromatic carbocycles. The highest BCUT2D eigenvalue weighted by Crippen LogP contribution is 2.32. The molecule has 2 N–H and O–H groups in total. The number of aryl methyl sites for hydroxylation is 1. The highest BCUT2D eigenvalue weighted by molar-refractivity contribution is 7.89. The Morgan fingerprint density at radius 2 is 1.88 bits per heavy atom. The molecule has 0 radical (unpaired) electrons. The van der Waals surface area contributed by atoms with E-state index in [0.717, 1.165) is 5.56 Å². The summed E-state index contributed by atoms with van der Waals surface area (Å²) >= 11 is 0. The minimum Gasteiger partial charge on any atom is -0.495 e. The summed E-state index contributed by atoms with van der Waals surface area (Å²) in [6, 6.07) is 9.28. The van der Waals surface area contributed by atoms with Crippen LogP contribution < -0.4 is 24.5 Å². The van der Waals surface area contributed by atoms with Gasteiger partial charge in [0.25, 0.3) is 15.9 Å². The number of carbonyl (C=O) groups excluding carboxylic acids is 1. The summed E-state index contributed by atoms with van der Waals surface area (Å²) in [5.74, 6) is 0.501. The number of benzene rings is 2. The largest absolute Gasteiger partial charge is 0.495 e. The van der Waals surface area contributed by atoms with Crippen molar-refractivity contribution in [3.63, 3.8) is 0 Å². The lowest BCUT2D eigenvalue weighted by Gasteiger charge is -2.12. The Balaban J connectivity index is 1.76. The molecule has 2 aromatic rings. The number of carbonyl (C=O) groups is 1. The summed E-state index contributed by atoms with van der Waals surface area (Å²) in [4.78, 5) is 14.2. The van der Waals surface area contributed by atoms with Gasteiger partial charge < -0.3 is 14.2 Å². The van der Waals surface area contributed by atoms with Crippen molar-refractivity contribution in [2.45, 2.75) is 11.8 Å². The van der Waals surface area contributed by atoms with Crippen molar-refractivity contribution in [2.75, 3.05) is 13.9 Å². The number of ether oxygens (including phenoxy) is 3. The van der Waals surface area contributed by atoms with E-state index in [1.165, 1.54) is 25.3 Å². The zero-order valence-corrected chi connectivity index (χ0v) is 14.3. The standard InChI is InChI=1S/C16H16N2O6S/c1-10-3-5-13(22-2)15(7-10)25(20,21)18-17-16(19)11-4-6-12-14(8-11)24-9-23-12/h3-8,18H,9H2,1-2H3,(H,17,19). The van der Waals surface area contributed by atoms with Crippen LogP contribution in [0.3, 0.4) is 0 Å². The first-order valence-corrected chi connectivity index (χ1v) is 8.75. The molecule has 1 amide bonds. The predicted octanol–water partition coefficient (Wildman–Crippen LogP) is 1.36. The van der Waals surface area contributed by atoms with Crippen LogP contribution in [0.4, 0.5) is 0 Å². The van der Waals surface area contributed by atoms with E-state index >= 15 is 0 Å². The Bertz CT molecular complexity index is 926. The number of hydrogen-bond acceptors (Lipinski definition) is 6. The van der Waals surface area contributed by atoms with Gasteiger partial charge in [-0.25, -0.2) is 8.42 Å². The topological polar surface area (TPSA) is 103 Å². The summed E-state index contributed by atoms with van der Waals surface area (Å²) in [6.45, 7) is 1.84. The Kier molecular flexibility index (Phi) is 4.51. The zero-order valence-electron chi connectivity index (χ0n) is 13.5. The van der Waals surface area contributed by atoms with Crippen molar-refractivity contribution in [3.05, 3.63) is 47.5 Å². The Morgan fingerprint density at radius 3 is 2.64 bits per heavy atom. The van der Waals surface area contributed by atoms with E-state index in [1.807, 2.05) is 0 Å². The van der Waals surface area contributed by atoms with Gasteiger partial charge in [-0.1, -0.05) is 6.07 Å². The normalized spacial score (nSPS) is 12.7. The number of nitrogens with one attached hydrogen (secondary N) is 2. The minimum absolute atomic E-state index is 0.0685. The molecule has 1 heterocycles. The summed E-state index contributed by atoms with van der Waals surface area (Å²) < 4.78 is 40.3. The molecule has 1 aliphatic rings. The first-order chi connectivity index (χ1) is 11.9. The molecule has 0 unspecified atom stereocenters. The molecule has 0 bridgehead atoms. The van der Waals surface area contributed by atoms with Gasteiger partial charge in [0.15, 0.2) is 11.5 Å². The van der Waals surface area contributed by atoms with Gasteiger partial charge in [-0.3, -0.25) is 10.2 Å². The fraction of sp³-hybridized carbons (Fsp3) is 0.188. The van der Waals surface area contributed by atoms with Crippen LogP contribution in [0.2, 0.25) is 0 Å². The van der Waals surface area contributed by atoms with Crippen molar-refractivity contribution in [1.29, 1.82) is 0 Å². The SMILES string of the molecule is COc1ccc(C)cc1S(=O)(=O)NNC(=O)c1ccc2c(c1)OCO2. The highest BCUT2D eigenvalue weighted by atomic mass is 32.2. The lowest BCUT2D eigenvalue weighted by molar-refractivity contribution is 0.0944. The molecule has 0 fully saturated rings. The molecule has 0 saturated carbocycles. The molecule has 0 aliphatic carbocycles. The maximum Gasteiger partial charge on any atom is 0.266 e. The maximum absolute atomic E-state index is 12.4. The molecule has 0 spiro atoms. The monoisotopic (exact) mass is 364 g/mol. The van der Waals surface area contributed by atoms with Gasteiger partial charge >= 0.3 is 0 Å². The smallest absolute Gasteiger partial charge is 0.266 e. The van der Waals surface area contributed by atoms with E-state index in [2.05, 4.69) is 10.3 Å². The van der Waals surface area contributed by atoms with Crippen molar-refractivity contribution in [3.8, 4) is 17.2 Å². The van der Waals surface area contributed by atoms with E-state index in [1.54, 1.807) is 25.1 Å². The van der Waals surface area contributed by atoms with Gasteiger partial charge in [0, 0.05) is 5.56 Å². The summed E-state index contributed by atoms with van der Waals surface area (Å²) in [5, 5.41) is 0. The van der Waals surface area contributed by atoms with E-state index in [4.69, 9.17) is 14.2 Å². The van der Waals surface area contributed by atoms with Gasteiger partial charge in [0.2, 0.25) is 6.79 Å². The van der Waals surface area contributed by atoms with Crippen molar-refractivity contribution >= 4 is 15.9 Å². The number of hydrogen-bond donors (Lipinski definition) is 2. The van der Waals surface area contributed by atoms with Crippen LogP contribution in [0.1, 0.15) is 15.9 Å². The van der Waals surface area contributed by atoms with Crippen LogP contribution in [0.5, 0.6) is 17.2 Å². The van der Waals surface area contributed by atoms with Crippen LogP contribution in [0.25, 0.3) is 0 Å². The van der Waals surface area contributed by atoms with E-state index in [0.29, 0.717) is 11.5 Å². The van der Waals surface area contributed by atoms with Gasteiger partial charge in [0.1, 0.15) is 10.6 Å².